The molecule has 0 aliphatic rings. The predicted molar refractivity (Wildman–Crippen MR) is 148 cm³/mol. The first kappa shape index (κ1) is 29.6. The SMILES string of the molecule is CCC(C)NC(=O)C(C)N(Cc1ccccc1F)C(=O)CN(c1ccc(OC)cc1)S(=O)(=O)c1ccccc1. The van der Waals surface area contributed by atoms with Gasteiger partial charge >= 0.3 is 0 Å². The number of hydrogen-bond donors (Lipinski definition) is 1. The van der Waals surface area contributed by atoms with Gasteiger partial charge in [0.15, 0.2) is 0 Å². The summed E-state index contributed by atoms with van der Waals surface area (Å²) in [6.45, 7) is 4.46. The monoisotopic (exact) mass is 555 g/mol. The zero-order valence-electron chi connectivity index (χ0n) is 22.5. The van der Waals surface area contributed by atoms with Gasteiger partial charge in [0.2, 0.25) is 11.8 Å². The lowest BCUT2D eigenvalue weighted by Gasteiger charge is -2.32. The van der Waals surface area contributed by atoms with Gasteiger partial charge in [-0.25, -0.2) is 12.8 Å². The molecule has 208 valence electrons. The van der Waals surface area contributed by atoms with Crippen molar-refractivity contribution in [3.05, 3.63) is 90.2 Å². The van der Waals surface area contributed by atoms with E-state index in [4.69, 9.17) is 4.74 Å². The van der Waals surface area contributed by atoms with Crippen LogP contribution in [0.2, 0.25) is 0 Å². The van der Waals surface area contributed by atoms with Gasteiger partial charge in [0, 0.05) is 18.2 Å². The Bertz CT molecular complexity index is 1370. The van der Waals surface area contributed by atoms with Gasteiger partial charge in [-0.2, -0.15) is 0 Å². The van der Waals surface area contributed by atoms with E-state index in [1.165, 1.54) is 54.5 Å². The molecule has 0 fully saturated rings. The minimum atomic E-state index is -4.18. The molecular weight excluding hydrogens is 521 g/mol. The van der Waals surface area contributed by atoms with Crippen LogP contribution in [-0.4, -0.2) is 50.9 Å². The van der Waals surface area contributed by atoms with Crippen LogP contribution in [-0.2, 0) is 26.2 Å². The van der Waals surface area contributed by atoms with E-state index in [0.29, 0.717) is 12.2 Å². The van der Waals surface area contributed by atoms with E-state index in [1.54, 1.807) is 43.3 Å². The molecule has 0 aliphatic heterocycles. The van der Waals surface area contributed by atoms with Gasteiger partial charge in [-0.05, 0) is 62.7 Å². The average Bonchev–Trinajstić information content (AvgIpc) is 2.95. The quantitative estimate of drug-likeness (QED) is 0.358. The predicted octanol–water partition coefficient (Wildman–Crippen LogP) is 4.36. The minimum Gasteiger partial charge on any atom is -0.497 e. The summed E-state index contributed by atoms with van der Waals surface area (Å²) in [5.41, 5.74) is 0.437. The second kappa shape index (κ2) is 13.2. The van der Waals surface area contributed by atoms with Gasteiger partial charge in [-0.1, -0.05) is 43.3 Å². The number of nitrogens with one attached hydrogen (secondary N) is 1. The first-order valence-electron chi connectivity index (χ1n) is 12.6. The summed E-state index contributed by atoms with van der Waals surface area (Å²) in [6.07, 6.45) is 0.681. The highest BCUT2D eigenvalue weighted by Gasteiger charge is 2.33. The Labute approximate surface area is 229 Å². The molecule has 0 saturated heterocycles. The van der Waals surface area contributed by atoms with Crippen molar-refractivity contribution in [2.24, 2.45) is 0 Å². The van der Waals surface area contributed by atoms with Gasteiger partial charge in [0.05, 0.1) is 17.7 Å². The summed E-state index contributed by atoms with van der Waals surface area (Å²) in [6, 6.07) is 18.8. The minimum absolute atomic E-state index is 0.00293. The molecule has 3 aromatic rings. The Hall–Kier alpha value is -3.92. The molecule has 3 rings (SSSR count). The van der Waals surface area contributed by atoms with Crippen LogP contribution in [0.4, 0.5) is 10.1 Å². The highest BCUT2D eigenvalue weighted by molar-refractivity contribution is 7.92. The van der Waals surface area contributed by atoms with Crippen LogP contribution in [0.3, 0.4) is 0 Å². The van der Waals surface area contributed by atoms with Crippen LogP contribution in [0.15, 0.2) is 83.8 Å². The van der Waals surface area contributed by atoms with Crippen molar-refractivity contribution in [1.29, 1.82) is 0 Å². The third kappa shape index (κ3) is 7.35. The zero-order chi connectivity index (χ0) is 28.6. The smallest absolute Gasteiger partial charge is 0.264 e. The first-order chi connectivity index (χ1) is 18.6. The van der Waals surface area contributed by atoms with E-state index in [2.05, 4.69) is 5.32 Å². The van der Waals surface area contributed by atoms with Crippen molar-refractivity contribution in [2.75, 3.05) is 18.0 Å². The largest absolute Gasteiger partial charge is 0.497 e. The van der Waals surface area contributed by atoms with Gasteiger partial charge in [-0.15, -0.1) is 0 Å². The van der Waals surface area contributed by atoms with Crippen LogP contribution in [0, 0.1) is 5.82 Å². The molecule has 0 bridgehead atoms. The molecule has 3 aromatic carbocycles. The maximum atomic E-state index is 14.6. The number of sulfonamides is 1. The molecule has 0 spiro atoms. The summed E-state index contributed by atoms with van der Waals surface area (Å²) in [4.78, 5) is 28.1. The standard InChI is InChI=1S/C29H34FN3O5S/c1-5-21(2)31-29(35)22(3)32(19-23-11-9-10-14-27(23)30)28(34)20-33(24-15-17-25(38-4)18-16-24)39(36,37)26-12-7-6-8-13-26/h6-18,21-22H,5,19-20H2,1-4H3,(H,31,35). The maximum absolute atomic E-state index is 14.6. The summed E-state index contributed by atoms with van der Waals surface area (Å²) in [5, 5.41) is 2.85. The number of amides is 2. The molecule has 0 saturated carbocycles. The van der Waals surface area contributed by atoms with Gasteiger partial charge in [-0.3, -0.25) is 13.9 Å². The number of benzene rings is 3. The van der Waals surface area contributed by atoms with Crippen molar-refractivity contribution >= 4 is 27.5 Å². The van der Waals surface area contributed by atoms with Gasteiger partial charge in [0.25, 0.3) is 10.0 Å². The fraction of sp³-hybridized carbons (Fsp3) is 0.310. The van der Waals surface area contributed by atoms with E-state index in [0.717, 1.165) is 4.31 Å². The maximum Gasteiger partial charge on any atom is 0.264 e. The van der Waals surface area contributed by atoms with E-state index in [1.807, 2.05) is 13.8 Å². The molecule has 1 N–H and O–H groups in total. The first-order valence-corrected chi connectivity index (χ1v) is 14.1. The lowest BCUT2D eigenvalue weighted by atomic mass is 10.1. The summed E-state index contributed by atoms with van der Waals surface area (Å²) < 4.78 is 48.2. The van der Waals surface area contributed by atoms with Gasteiger partial charge in [0.1, 0.15) is 24.2 Å². The summed E-state index contributed by atoms with van der Waals surface area (Å²) in [5.74, 6) is -1.11. The molecule has 2 unspecified atom stereocenters. The van der Waals surface area contributed by atoms with Crippen molar-refractivity contribution in [2.45, 2.75) is 50.7 Å². The molecule has 0 aromatic heterocycles. The van der Waals surface area contributed by atoms with Crippen molar-refractivity contribution in [3.8, 4) is 5.75 Å². The fourth-order valence-electron chi connectivity index (χ4n) is 3.86. The second-order valence-electron chi connectivity index (χ2n) is 9.13. The van der Waals surface area contributed by atoms with E-state index >= 15 is 0 Å². The number of nitrogens with zero attached hydrogens (tertiary/aromatic N) is 2. The molecule has 39 heavy (non-hydrogen) atoms. The lowest BCUT2D eigenvalue weighted by Crippen LogP contribution is -2.52. The summed E-state index contributed by atoms with van der Waals surface area (Å²) >= 11 is 0. The number of carbonyl (C=O) groups excluding carboxylic acids is 2. The van der Waals surface area contributed by atoms with Crippen LogP contribution in [0.25, 0.3) is 0 Å². The van der Waals surface area contributed by atoms with Crippen LogP contribution >= 0.6 is 0 Å². The number of hydrogen-bond acceptors (Lipinski definition) is 5. The number of halogens is 1. The Morgan fingerprint density at radius 2 is 1.56 bits per heavy atom. The molecule has 2 atom stereocenters. The van der Waals surface area contributed by atoms with E-state index in [-0.39, 0.29) is 28.7 Å². The van der Waals surface area contributed by atoms with Crippen molar-refractivity contribution in [1.82, 2.24) is 10.2 Å². The topological polar surface area (TPSA) is 96.0 Å². The third-order valence-corrected chi connectivity index (χ3v) is 8.23. The molecule has 0 radical (unpaired) electrons. The van der Waals surface area contributed by atoms with E-state index in [9.17, 15) is 22.4 Å². The van der Waals surface area contributed by atoms with Crippen LogP contribution < -0.4 is 14.4 Å². The molecule has 0 aliphatic carbocycles. The Balaban J connectivity index is 2.02. The molecule has 0 heterocycles. The number of ether oxygens (including phenoxy) is 1. The van der Waals surface area contributed by atoms with Crippen LogP contribution in [0.5, 0.6) is 5.75 Å². The Morgan fingerprint density at radius 1 is 0.949 bits per heavy atom. The summed E-state index contributed by atoms with van der Waals surface area (Å²) in [7, 11) is -2.69. The highest BCUT2D eigenvalue weighted by Crippen LogP contribution is 2.26. The number of rotatable bonds is 12. The highest BCUT2D eigenvalue weighted by atomic mass is 32.2. The normalized spacial score (nSPS) is 12.7. The zero-order valence-corrected chi connectivity index (χ0v) is 23.3. The lowest BCUT2D eigenvalue weighted by molar-refractivity contribution is -0.139. The van der Waals surface area contributed by atoms with Crippen LogP contribution in [0.1, 0.15) is 32.8 Å². The molecule has 2 amide bonds. The third-order valence-electron chi connectivity index (χ3n) is 6.44. The van der Waals surface area contributed by atoms with Crippen molar-refractivity contribution in [3.63, 3.8) is 0 Å². The Kier molecular flexibility index (Phi) is 10.1. The van der Waals surface area contributed by atoms with E-state index < -0.39 is 40.2 Å². The number of anilines is 1. The van der Waals surface area contributed by atoms with Crippen molar-refractivity contribution < 1.29 is 27.1 Å². The molecule has 10 heteroatoms. The average molecular weight is 556 g/mol. The molecular formula is C29H34FN3O5S. The number of carbonyl (C=O) groups is 2. The number of methoxy groups -OCH3 is 1. The fourth-order valence-corrected chi connectivity index (χ4v) is 5.29. The van der Waals surface area contributed by atoms with Gasteiger partial charge < -0.3 is 15.0 Å². The Morgan fingerprint density at radius 3 is 2.15 bits per heavy atom. The molecule has 8 nitrogen and oxygen atoms in total. The second-order valence-corrected chi connectivity index (χ2v) is 11.0.